The number of carbonyl (C=O) groups excluding carboxylic acids is 1. The van der Waals surface area contributed by atoms with Crippen LogP contribution in [0.1, 0.15) is 10.5 Å². The van der Waals surface area contributed by atoms with Crippen LogP contribution in [0.5, 0.6) is 0 Å². The Kier molecular flexibility index (Phi) is 2.47. The molecule has 0 saturated heterocycles. The van der Waals surface area contributed by atoms with E-state index in [0.29, 0.717) is 5.78 Å². The average molecular weight is 217 g/mol. The van der Waals surface area contributed by atoms with E-state index in [1.807, 2.05) is 0 Å². The average Bonchev–Trinajstić information content (AvgIpc) is 2.69. The van der Waals surface area contributed by atoms with Gasteiger partial charge in [-0.05, 0) is 12.1 Å². The summed E-state index contributed by atoms with van der Waals surface area (Å²) in [4.78, 5) is 29.6. The Labute approximate surface area is 89.9 Å². The number of hydrogen-bond acceptors (Lipinski definition) is 4. The maximum atomic E-state index is 11.5. The van der Waals surface area contributed by atoms with Crippen molar-refractivity contribution in [2.45, 2.75) is 0 Å². The van der Waals surface area contributed by atoms with Gasteiger partial charge in [0.1, 0.15) is 5.69 Å². The fraction of sp³-hybridized carbons (Fsp3) is 0. The molecule has 0 aliphatic rings. The molecule has 1 N–H and O–H groups in total. The number of aromatic nitrogens is 3. The van der Waals surface area contributed by atoms with Crippen LogP contribution in [0.4, 0.5) is 0 Å². The minimum Gasteiger partial charge on any atom is -0.478 e. The van der Waals surface area contributed by atoms with Crippen molar-refractivity contribution < 1.29 is 14.7 Å². The number of imidazole rings is 1. The molecule has 0 atom stereocenters. The third-order valence-electron chi connectivity index (χ3n) is 1.87. The van der Waals surface area contributed by atoms with Crippen molar-refractivity contribution in [3.05, 3.63) is 42.5 Å². The Hall–Kier alpha value is -2.50. The van der Waals surface area contributed by atoms with Gasteiger partial charge < -0.3 is 5.11 Å². The molecule has 2 aromatic rings. The van der Waals surface area contributed by atoms with E-state index in [1.54, 1.807) is 22.9 Å². The third kappa shape index (κ3) is 1.95. The second-order valence-electron chi connectivity index (χ2n) is 2.99. The maximum Gasteiger partial charge on any atom is 0.328 e. The lowest BCUT2D eigenvalue weighted by Crippen LogP contribution is -1.96. The van der Waals surface area contributed by atoms with Crippen molar-refractivity contribution in [3.8, 4) is 0 Å². The molecule has 0 aromatic carbocycles. The minimum absolute atomic E-state index is 0.163. The molecular formula is C10H7N3O3. The second kappa shape index (κ2) is 3.93. The van der Waals surface area contributed by atoms with E-state index in [-0.39, 0.29) is 5.69 Å². The van der Waals surface area contributed by atoms with Crippen LogP contribution in [0.25, 0.3) is 5.78 Å². The van der Waals surface area contributed by atoms with Crippen molar-refractivity contribution in [3.63, 3.8) is 0 Å². The van der Waals surface area contributed by atoms with Gasteiger partial charge in [0.25, 0.3) is 0 Å². The number of carbonyl (C=O) groups is 2. The van der Waals surface area contributed by atoms with Crippen LogP contribution >= 0.6 is 0 Å². The summed E-state index contributed by atoms with van der Waals surface area (Å²) in [6, 6.07) is 1.70. The number of ketones is 1. The number of rotatable bonds is 3. The first kappa shape index (κ1) is 10.0. The molecule has 0 amide bonds. The number of carboxylic acids is 1. The van der Waals surface area contributed by atoms with Gasteiger partial charge in [0.15, 0.2) is 0 Å². The van der Waals surface area contributed by atoms with Crippen LogP contribution < -0.4 is 0 Å². The first-order chi connectivity index (χ1) is 7.66. The minimum atomic E-state index is -1.17. The molecule has 80 valence electrons. The number of nitrogens with zero attached hydrogens (tertiary/aromatic N) is 3. The molecule has 6 nitrogen and oxygen atoms in total. The van der Waals surface area contributed by atoms with Crippen LogP contribution in [-0.4, -0.2) is 31.2 Å². The van der Waals surface area contributed by atoms with Crippen molar-refractivity contribution in [1.82, 2.24) is 14.4 Å². The lowest BCUT2D eigenvalue weighted by Gasteiger charge is -1.85. The lowest BCUT2D eigenvalue weighted by molar-refractivity contribution is -0.131. The molecule has 2 aromatic heterocycles. The van der Waals surface area contributed by atoms with Crippen LogP contribution in [0.2, 0.25) is 0 Å². The first-order valence-corrected chi connectivity index (χ1v) is 4.42. The predicted molar refractivity (Wildman–Crippen MR) is 54.1 cm³/mol. The van der Waals surface area contributed by atoms with Gasteiger partial charge in [-0.1, -0.05) is 0 Å². The molecule has 0 bridgehead atoms. The van der Waals surface area contributed by atoms with E-state index in [0.717, 1.165) is 12.2 Å². The summed E-state index contributed by atoms with van der Waals surface area (Å²) in [7, 11) is 0. The van der Waals surface area contributed by atoms with Gasteiger partial charge in [-0.2, -0.15) is 0 Å². The molecule has 2 heterocycles. The quantitative estimate of drug-likeness (QED) is 0.599. The molecule has 0 aliphatic carbocycles. The van der Waals surface area contributed by atoms with E-state index in [9.17, 15) is 9.59 Å². The van der Waals surface area contributed by atoms with Crippen LogP contribution in [-0.2, 0) is 4.79 Å². The molecule has 0 fully saturated rings. The van der Waals surface area contributed by atoms with E-state index >= 15 is 0 Å². The number of allylic oxidation sites excluding steroid dienone is 1. The monoisotopic (exact) mass is 217 g/mol. The SMILES string of the molecule is O=C(O)/C=C/C(=O)c1cn2cccnc2n1. The highest BCUT2D eigenvalue weighted by Crippen LogP contribution is 2.03. The molecule has 6 heteroatoms. The lowest BCUT2D eigenvalue weighted by atomic mass is 10.3. The number of carboxylic acid groups (broad SMARTS) is 1. The Morgan fingerprint density at radius 2 is 2.19 bits per heavy atom. The zero-order valence-electron chi connectivity index (χ0n) is 8.07. The summed E-state index contributed by atoms with van der Waals surface area (Å²) >= 11 is 0. The Balaban J connectivity index is 2.33. The number of hydrogen-bond donors (Lipinski definition) is 1. The molecule has 0 unspecified atom stereocenters. The van der Waals surface area contributed by atoms with Crippen LogP contribution in [0, 0.1) is 0 Å². The van der Waals surface area contributed by atoms with Gasteiger partial charge in [0.2, 0.25) is 11.6 Å². The van der Waals surface area contributed by atoms with Gasteiger partial charge in [-0.3, -0.25) is 9.20 Å². The molecule has 0 spiro atoms. The molecule has 0 radical (unpaired) electrons. The summed E-state index contributed by atoms with van der Waals surface area (Å²) in [6.45, 7) is 0. The van der Waals surface area contributed by atoms with Crippen LogP contribution in [0.3, 0.4) is 0 Å². The van der Waals surface area contributed by atoms with Crippen molar-refractivity contribution in [1.29, 1.82) is 0 Å². The molecule has 2 rings (SSSR count). The summed E-state index contributed by atoms with van der Waals surface area (Å²) in [5.41, 5.74) is 0.163. The third-order valence-corrected chi connectivity index (χ3v) is 1.87. The fourth-order valence-corrected chi connectivity index (χ4v) is 1.18. The van der Waals surface area contributed by atoms with Gasteiger partial charge in [-0.15, -0.1) is 0 Å². The van der Waals surface area contributed by atoms with Gasteiger partial charge >= 0.3 is 5.97 Å². The summed E-state index contributed by atoms with van der Waals surface area (Å²) in [5.74, 6) is -1.24. The first-order valence-electron chi connectivity index (χ1n) is 4.42. The van der Waals surface area contributed by atoms with E-state index in [2.05, 4.69) is 9.97 Å². The molecule has 16 heavy (non-hydrogen) atoms. The van der Waals surface area contributed by atoms with Gasteiger partial charge in [0, 0.05) is 24.7 Å². The smallest absolute Gasteiger partial charge is 0.328 e. The molecular weight excluding hydrogens is 210 g/mol. The Bertz CT molecular complexity index is 553. The topological polar surface area (TPSA) is 84.6 Å². The maximum absolute atomic E-state index is 11.5. The van der Waals surface area contributed by atoms with Crippen LogP contribution in [0.15, 0.2) is 36.8 Å². The van der Waals surface area contributed by atoms with E-state index < -0.39 is 11.8 Å². The molecule has 0 saturated carbocycles. The van der Waals surface area contributed by atoms with Gasteiger partial charge in [0.05, 0.1) is 0 Å². The normalized spacial score (nSPS) is 11.0. The Morgan fingerprint density at radius 3 is 2.88 bits per heavy atom. The summed E-state index contributed by atoms with van der Waals surface area (Å²) < 4.78 is 1.59. The predicted octanol–water partition coefficient (Wildman–Crippen LogP) is 0.553. The highest BCUT2D eigenvalue weighted by molar-refractivity contribution is 6.05. The summed E-state index contributed by atoms with van der Waals surface area (Å²) in [5, 5.41) is 8.37. The number of fused-ring (bicyclic) bond motifs is 1. The van der Waals surface area contributed by atoms with Gasteiger partial charge in [-0.25, -0.2) is 14.8 Å². The number of aliphatic carboxylic acids is 1. The van der Waals surface area contributed by atoms with Crippen molar-refractivity contribution in [2.75, 3.05) is 0 Å². The van der Waals surface area contributed by atoms with E-state index in [4.69, 9.17) is 5.11 Å². The highest BCUT2D eigenvalue weighted by atomic mass is 16.4. The van der Waals surface area contributed by atoms with Crippen molar-refractivity contribution in [2.24, 2.45) is 0 Å². The zero-order valence-corrected chi connectivity index (χ0v) is 8.07. The Morgan fingerprint density at radius 1 is 1.38 bits per heavy atom. The zero-order chi connectivity index (χ0) is 11.5. The van der Waals surface area contributed by atoms with Crippen molar-refractivity contribution >= 4 is 17.5 Å². The van der Waals surface area contributed by atoms with E-state index in [1.165, 1.54) is 6.20 Å². The largest absolute Gasteiger partial charge is 0.478 e. The fourth-order valence-electron chi connectivity index (χ4n) is 1.18. The highest BCUT2D eigenvalue weighted by Gasteiger charge is 2.08. The molecule has 0 aliphatic heterocycles. The standard InChI is InChI=1S/C10H7N3O3/c14-8(2-3-9(15)16)7-6-13-5-1-4-11-10(13)12-7/h1-6H,(H,15,16)/b3-2+. The summed E-state index contributed by atoms with van der Waals surface area (Å²) in [6.07, 6.45) is 6.50. The second-order valence-corrected chi connectivity index (χ2v) is 2.99.